The maximum atomic E-state index is 12.8. The molecule has 4 nitrogen and oxygen atoms in total. The monoisotopic (exact) mass is 298 g/mol. The Hall–Kier alpha value is -0.843. The second-order valence-electron chi connectivity index (χ2n) is 6.52. The Bertz CT molecular complexity index is 365. The van der Waals surface area contributed by atoms with Crippen LogP contribution in [0.4, 0.5) is 4.79 Å². The number of likely N-dealkylation sites (N-methyl/N-ethyl adjacent to an activating group) is 1. The summed E-state index contributed by atoms with van der Waals surface area (Å²) in [5.74, 6) is 0.0204. The van der Waals surface area contributed by atoms with Gasteiger partial charge in [-0.25, -0.2) is 4.79 Å². The fourth-order valence-electron chi connectivity index (χ4n) is 3.42. The molecule has 1 aliphatic rings. The van der Waals surface area contributed by atoms with Gasteiger partial charge in [-0.3, -0.25) is 9.36 Å². The van der Waals surface area contributed by atoms with Gasteiger partial charge in [-0.1, -0.05) is 40.0 Å². The highest BCUT2D eigenvalue weighted by Gasteiger charge is 2.56. The molecular weight excluding hydrogens is 268 g/mol. The number of carbonyl (C=O) groups is 2. The summed E-state index contributed by atoms with van der Waals surface area (Å²) in [5.41, 5.74) is -0.690. The van der Waals surface area contributed by atoms with Gasteiger partial charge in [0, 0.05) is 7.05 Å². The maximum Gasteiger partial charge on any atom is 0.319 e. The molecule has 0 spiro atoms. The number of amides is 3. The molecule has 1 fully saturated rings. The lowest BCUT2D eigenvalue weighted by molar-refractivity contribution is -0.129. The Balaban J connectivity index is 3.25. The zero-order chi connectivity index (χ0) is 15.6. The van der Waals surface area contributed by atoms with Gasteiger partial charge in [0.05, 0.1) is 0 Å². The molecule has 1 heterocycles. The van der Waals surface area contributed by atoms with Crippen molar-refractivity contribution in [2.24, 2.45) is 0 Å². The molecule has 1 saturated heterocycles. The van der Waals surface area contributed by atoms with Crippen LogP contribution in [0.2, 0.25) is 18.1 Å². The molecule has 0 radical (unpaired) electrons. The molecule has 0 aliphatic carbocycles. The Morgan fingerprint density at radius 1 is 0.950 bits per heavy atom. The largest absolute Gasteiger partial charge is 0.319 e. The summed E-state index contributed by atoms with van der Waals surface area (Å²) in [4.78, 5) is 27.1. The molecule has 1 aliphatic heterocycles. The topological polar surface area (TPSA) is 40.6 Å². The van der Waals surface area contributed by atoms with Crippen molar-refractivity contribution in [1.29, 1.82) is 0 Å². The summed E-state index contributed by atoms with van der Waals surface area (Å²) in [6, 6.07) is 3.05. The summed E-state index contributed by atoms with van der Waals surface area (Å²) < 4.78 is 1.73. The van der Waals surface area contributed by atoms with Crippen molar-refractivity contribution in [2.75, 3.05) is 7.05 Å². The van der Waals surface area contributed by atoms with Crippen LogP contribution in [0.25, 0.3) is 0 Å². The zero-order valence-corrected chi connectivity index (χ0v) is 15.0. The van der Waals surface area contributed by atoms with Crippen LogP contribution in [0.3, 0.4) is 0 Å². The van der Waals surface area contributed by atoms with E-state index in [1.807, 2.05) is 13.8 Å². The lowest BCUT2D eigenvalue weighted by Crippen LogP contribution is -2.57. The third-order valence-corrected chi connectivity index (χ3v) is 10.3. The van der Waals surface area contributed by atoms with Crippen LogP contribution in [0.15, 0.2) is 0 Å². The van der Waals surface area contributed by atoms with E-state index in [1.165, 1.54) is 0 Å². The Labute approximate surface area is 124 Å². The van der Waals surface area contributed by atoms with Gasteiger partial charge >= 0.3 is 6.03 Å². The predicted octanol–water partition coefficient (Wildman–Crippen LogP) is 3.83. The molecule has 0 aromatic heterocycles. The van der Waals surface area contributed by atoms with E-state index in [4.69, 9.17) is 0 Å². The molecule has 0 saturated carbocycles. The van der Waals surface area contributed by atoms with Gasteiger partial charge in [-0.2, -0.15) is 0 Å². The summed E-state index contributed by atoms with van der Waals surface area (Å²) in [6.45, 7) is 10.2. The van der Waals surface area contributed by atoms with E-state index in [0.717, 1.165) is 37.4 Å². The molecule has 0 aromatic carbocycles. The van der Waals surface area contributed by atoms with Gasteiger partial charge in [-0.05, 0) is 32.0 Å². The van der Waals surface area contributed by atoms with Gasteiger partial charge in [0.15, 0.2) is 8.24 Å². The summed E-state index contributed by atoms with van der Waals surface area (Å²) in [6.07, 6.45) is 3.15. The Kier molecular flexibility index (Phi) is 5.41. The number of carbonyl (C=O) groups excluding carboxylic acids is 2. The van der Waals surface area contributed by atoms with E-state index in [0.29, 0.717) is 0 Å². The lowest BCUT2D eigenvalue weighted by Gasteiger charge is -2.38. The van der Waals surface area contributed by atoms with E-state index >= 15 is 0 Å². The van der Waals surface area contributed by atoms with E-state index in [2.05, 4.69) is 20.8 Å². The maximum absolute atomic E-state index is 12.8. The van der Waals surface area contributed by atoms with Gasteiger partial charge in [0.2, 0.25) is 5.91 Å². The molecule has 0 unspecified atom stereocenters. The molecule has 0 N–H and O–H groups in total. The quantitative estimate of drug-likeness (QED) is 0.529. The van der Waals surface area contributed by atoms with Crippen LogP contribution >= 0.6 is 0 Å². The number of nitrogens with zero attached hydrogens (tertiary/aromatic N) is 2. The first-order valence-corrected chi connectivity index (χ1v) is 10.5. The molecule has 1 rings (SSSR count). The van der Waals surface area contributed by atoms with Crippen LogP contribution in [0, 0.1) is 0 Å². The van der Waals surface area contributed by atoms with Gasteiger partial charge in [-0.15, -0.1) is 0 Å². The highest BCUT2D eigenvalue weighted by molar-refractivity contribution is 6.81. The van der Waals surface area contributed by atoms with Crippen molar-refractivity contribution in [3.63, 3.8) is 0 Å². The molecule has 116 valence electrons. The molecule has 5 heteroatoms. The molecule has 20 heavy (non-hydrogen) atoms. The van der Waals surface area contributed by atoms with Crippen LogP contribution in [0.5, 0.6) is 0 Å². The lowest BCUT2D eigenvalue weighted by atomic mass is 10.1. The SMILES string of the molecule is CCC[Si](CCC)(CCC)N1C(=O)N(C)C(C)(C)C1=O. The standard InChI is InChI=1S/C15H30N2O2Si/c1-7-10-20(11-8-2,12-9-3)17-13(18)15(4,5)16(6)14(17)19/h7-12H2,1-6H3. The second-order valence-corrected chi connectivity index (χ2v) is 10.9. The van der Waals surface area contributed by atoms with Crippen molar-refractivity contribution >= 4 is 20.2 Å². The summed E-state index contributed by atoms with van der Waals surface area (Å²) in [7, 11) is -0.273. The summed E-state index contributed by atoms with van der Waals surface area (Å²) in [5, 5.41) is 0. The summed E-state index contributed by atoms with van der Waals surface area (Å²) >= 11 is 0. The van der Waals surface area contributed by atoms with E-state index in [9.17, 15) is 9.59 Å². The molecule has 0 aromatic rings. The minimum atomic E-state index is -2.03. The number of hydrogen-bond donors (Lipinski definition) is 0. The van der Waals surface area contributed by atoms with Crippen molar-refractivity contribution < 1.29 is 9.59 Å². The van der Waals surface area contributed by atoms with Crippen LogP contribution in [-0.2, 0) is 4.79 Å². The molecule has 0 bridgehead atoms. The van der Waals surface area contributed by atoms with Crippen LogP contribution in [-0.4, -0.2) is 42.2 Å². The normalized spacial score (nSPS) is 19.1. The zero-order valence-electron chi connectivity index (χ0n) is 14.0. The van der Waals surface area contributed by atoms with E-state index in [-0.39, 0.29) is 11.9 Å². The van der Waals surface area contributed by atoms with Crippen molar-refractivity contribution in [1.82, 2.24) is 9.47 Å². The predicted molar refractivity (Wildman–Crippen MR) is 85.1 cm³/mol. The fourth-order valence-corrected chi connectivity index (χ4v) is 8.89. The molecule has 3 amide bonds. The second kappa shape index (κ2) is 6.29. The van der Waals surface area contributed by atoms with Gasteiger partial charge < -0.3 is 4.90 Å². The number of urea groups is 1. The smallest absolute Gasteiger partial charge is 0.314 e. The average molecular weight is 299 g/mol. The first kappa shape index (κ1) is 17.2. The fraction of sp³-hybridized carbons (Fsp3) is 0.867. The van der Waals surface area contributed by atoms with Crippen molar-refractivity contribution in [3.05, 3.63) is 0 Å². The first-order chi connectivity index (χ1) is 9.28. The van der Waals surface area contributed by atoms with Crippen LogP contribution in [0.1, 0.15) is 53.9 Å². The van der Waals surface area contributed by atoms with E-state index < -0.39 is 13.8 Å². The highest BCUT2D eigenvalue weighted by atomic mass is 28.3. The minimum Gasteiger partial charge on any atom is -0.314 e. The average Bonchev–Trinajstić information content (AvgIpc) is 2.52. The van der Waals surface area contributed by atoms with Gasteiger partial charge in [0.1, 0.15) is 5.54 Å². The highest BCUT2D eigenvalue weighted by Crippen LogP contribution is 2.37. The number of hydrogen-bond acceptors (Lipinski definition) is 2. The van der Waals surface area contributed by atoms with Gasteiger partial charge in [0.25, 0.3) is 0 Å². The third-order valence-electron chi connectivity index (χ3n) is 4.66. The van der Waals surface area contributed by atoms with Crippen molar-refractivity contribution in [3.8, 4) is 0 Å². The minimum absolute atomic E-state index is 0.0204. The van der Waals surface area contributed by atoms with Crippen molar-refractivity contribution in [2.45, 2.75) is 77.6 Å². The first-order valence-electron chi connectivity index (χ1n) is 7.91. The Morgan fingerprint density at radius 3 is 1.60 bits per heavy atom. The van der Waals surface area contributed by atoms with E-state index in [1.54, 1.807) is 16.5 Å². The molecular formula is C15H30N2O2Si. The number of rotatable bonds is 7. The van der Waals surface area contributed by atoms with Crippen LogP contribution < -0.4 is 0 Å². The third kappa shape index (κ3) is 2.64. The number of imide groups is 1. The molecule has 0 atom stereocenters. The Morgan fingerprint density at radius 2 is 1.35 bits per heavy atom.